The second kappa shape index (κ2) is 4.80. The van der Waals surface area contributed by atoms with E-state index in [1.54, 1.807) is 0 Å². The summed E-state index contributed by atoms with van der Waals surface area (Å²) >= 11 is 1.43. The average molecular weight is 239 g/mol. The summed E-state index contributed by atoms with van der Waals surface area (Å²) in [6.45, 7) is 0. The van der Waals surface area contributed by atoms with Gasteiger partial charge >= 0.3 is 0 Å². The molecule has 1 aromatic rings. The number of carbonyl (C=O) groups is 1. The Bertz CT molecular complexity index is 394. The van der Waals surface area contributed by atoms with Crippen molar-refractivity contribution in [1.29, 1.82) is 0 Å². The zero-order chi connectivity index (χ0) is 11.5. The first-order valence-corrected chi connectivity index (χ1v) is 6.26. The topological polar surface area (TPSA) is 75.1 Å². The number of carbonyl (C=O) groups excluding carboxylic acids is 1. The number of hydrogen-bond donors (Lipinski definition) is 2. The molecule has 1 aliphatic carbocycles. The predicted octanol–water partition coefficient (Wildman–Crippen LogP) is 0.946. The summed E-state index contributed by atoms with van der Waals surface area (Å²) < 4.78 is 0. The fourth-order valence-electron chi connectivity index (χ4n) is 1.57. The van der Waals surface area contributed by atoms with E-state index in [1.807, 2.05) is 6.26 Å². The largest absolute Gasteiger partial charge is 0.393 e. The van der Waals surface area contributed by atoms with Gasteiger partial charge in [0.1, 0.15) is 5.82 Å². The normalized spacial score (nSPS) is 23.6. The molecule has 0 atom stereocenters. The second-order valence-corrected chi connectivity index (χ2v) is 4.52. The van der Waals surface area contributed by atoms with E-state index in [4.69, 9.17) is 0 Å². The zero-order valence-corrected chi connectivity index (χ0v) is 9.70. The Morgan fingerprint density at radius 3 is 2.94 bits per heavy atom. The van der Waals surface area contributed by atoms with Gasteiger partial charge in [-0.3, -0.25) is 4.79 Å². The van der Waals surface area contributed by atoms with Crippen molar-refractivity contribution < 1.29 is 9.90 Å². The van der Waals surface area contributed by atoms with Gasteiger partial charge in [0.15, 0.2) is 11.4 Å². The average Bonchev–Trinajstić information content (AvgIpc) is 2.27. The SMILES string of the molecule is CSc1ncc(C=O)c(NC2CC(O)C2)n1. The molecule has 2 N–H and O–H groups in total. The van der Waals surface area contributed by atoms with Gasteiger partial charge in [0.2, 0.25) is 0 Å². The molecule has 0 saturated heterocycles. The lowest BCUT2D eigenvalue weighted by Gasteiger charge is -2.32. The van der Waals surface area contributed by atoms with Gasteiger partial charge in [-0.05, 0) is 19.1 Å². The van der Waals surface area contributed by atoms with Crippen molar-refractivity contribution in [2.75, 3.05) is 11.6 Å². The maximum atomic E-state index is 10.8. The fourth-order valence-corrected chi connectivity index (χ4v) is 1.91. The standard InChI is InChI=1S/C10H13N3O2S/c1-16-10-11-4-6(5-14)9(13-10)12-7-2-8(15)3-7/h4-5,7-8,15H,2-3H2,1H3,(H,11,12,13). The fraction of sp³-hybridized carbons (Fsp3) is 0.500. The van der Waals surface area contributed by atoms with E-state index >= 15 is 0 Å². The molecule has 16 heavy (non-hydrogen) atoms. The van der Waals surface area contributed by atoms with Crippen molar-refractivity contribution in [1.82, 2.24) is 9.97 Å². The number of nitrogens with zero attached hydrogens (tertiary/aromatic N) is 2. The molecule has 0 amide bonds. The van der Waals surface area contributed by atoms with E-state index in [9.17, 15) is 9.90 Å². The van der Waals surface area contributed by atoms with E-state index < -0.39 is 0 Å². The second-order valence-electron chi connectivity index (χ2n) is 3.74. The Morgan fingerprint density at radius 1 is 1.62 bits per heavy atom. The molecule has 1 aromatic heterocycles. The Balaban J connectivity index is 2.13. The van der Waals surface area contributed by atoms with Gasteiger partial charge in [0.05, 0.1) is 11.7 Å². The molecule has 0 radical (unpaired) electrons. The first-order valence-electron chi connectivity index (χ1n) is 5.03. The van der Waals surface area contributed by atoms with Crippen LogP contribution in [0.4, 0.5) is 5.82 Å². The van der Waals surface area contributed by atoms with Gasteiger partial charge in [0.25, 0.3) is 0 Å². The summed E-state index contributed by atoms with van der Waals surface area (Å²) in [5, 5.41) is 13.0. The number of nitrogens with one attached hydrogen (secondary N) is 1. The van der Waals surface area contributed by atoms with Crippen molar-refractivity contribution in [2.24, 2.45) is 0 Å². The van der Waals surface area contributed by atoms with E-state index in [-0.39, 0.29) is 12.1 Å². The molecule has 1 heterocycles. The minimum absolute atomic E-state index is 0.207. The molecule has 0 aromatic carbocycles. The molecule has 1 aliphatic rings. The van der Waals surface area contributed by atoms with Gasteiger partial charge in [-0.25, -0.2) is 9.97 Å². The van der Waals surface area contributed by atoms with Gasteiger partial charge in [-0.2, -0.15) is 0 Å². The molecule has 1 fully saturated rings. The number of aldehydes is 1. The van der Waals surface area contributed by atoms with Crippen molar-refractivity contribution >= 4 is 23.9 Å². The third-order valence-corrected chi connectivity index (χ3v) is 3.12. The number of rotatable bonds is 4. The Kier molecular flexibility index (Phi) is 3.40. The number of hydrogen-bond acceptors (Lipinski definition) is 6. The van der Waals surface area contributed by atoms with Gasteiger partial charge < -0.3 is 10.4 Å². The molecule has 2 rings (SSSR count). The molecule has 0 aliphatic heterocycles. The summed E-state index contributed by atoms with van der Waals surface area (Å²) in [7, 11) is 0. The van der Waals surface area contributed by atoms with Crippen molar-refractivity contribution in [3.8, 4) is 0 Å². The van der Waals surface area contributed by atoms with Gasteiger partial charge in [-0.15, -0.1) is 0 Å². The van der Waals surface area contributed by atoms with Crippen LogP contribution in [-0.2, 0) is 0 Å². The molecule has 86 valence electrons. The van der Waals surface area contributed by atoms with Crippen molar-refractivity contribution in [3.05, 3.63) is 11.8 Å². The number of aliphatic hydroxyl groups is 1. The van der Waals surface area contributed by atoms with E-state index in [2.05, 4.69) is 15.3 Å². The lowest BCUT2D eigenvalue weighted by molar-refractivity contribution is 0.0835. The Hall–Kier alpha value is -1.14. The maximum Gasteiger partial charge on any atom is 0.189 e. The first kappa shape index (κ1) is 11.3. The lowest BCUT2D eigenvalue weighted by atomic mass is 9.89. The van der Waals surface area contributed by atoms with E-state index in [0.717, 1.165) is 6.29 Å². The monoisotopic (exact) mass is 239 g/mol. The summed E-state index contributed by atoms with van der Waals surface area (Å²) in [6, 6.07) is 0.207. The molecule has 1 saturated carbocycles. The van der Waals surface area contributed by atoms with Crippen LogP contribution in [0.15, 0.2) is 11.4 Å². The summed E-state index contributed by atoms with van der Waals surface area (Å²) in [6.07, 6.45) is 5.32. The van der Waals surface area contributed by atoms with Gasteiger partial charge in [0, 0.05) is 12.2 Å². The number of aliphatic hydroxyl groups excluding tert-OH is 1. The molecule has 0 bridgehead atoms. The highest BCUT2D eigenvalue weighted by atomic mass is 32.2. The highest BCUT2D eigenvalue weighted by Crippen LogP contribution is 2.25. The van der Waals surface area contributed by atoms with Crippen LogP contribution in [0.1, 0.15) is 23.2 Å². The van der Waals surface area contributed by atoms with Crippen LogP contribution >= 0.6 is 11.8 Å². The summed E-state index contributed by atoms with van der Waals surface area (Å²) in [4.78, 5) is 19.1. The Morgan fingerprint density at radius 2 is 2.38 bits per heavy atom. The minimum atomic E-state index is -0.223. The molecule has 5 nitrogen and oxygen atoms in total. The number of thioether (sulfide) groups is 1. The molecular weight excluding hydrogens is 226 g/mol. The van der Waals surface area contributed by atoms with Crippen molar-refractivity contribution in [2.45, 2.75) is 30.1 Å². The highest BCUT2D eigenvalue weighted by molar-refractivity contribution is 7.98. The minimum Gasteiger partial charge on any atom is -0.393 e. The maximum absolute atomic E-state index is 10.8. The zero-order valence-electron chi connectivity index (χ0n) is 8.88. The smallest absolute Gasteiger partial charge is 0.189 e. The first-order chi connectivity index (χ1) is 7.72. The van der Waals surface area contributed by atoms with Crippen LogP contribution in [0, 0.1) is 0 Å². The summed E-state index contributed by atoms with van der Waals surface area (Å²) in [5.41, 5.74) is 0.458. The quantitative estimate of drug-likeness (QED) is 0.463. The molecule has 6 heteroatoms. The number of aromatic nitrogens is 2. The molecule has 0 unspecified atom stereocenters. The van der Waals surface area contributed by atoms with Crippen LogP contribution in [0.3, 0.4) is 0 Å². The van der Waals surface area contributed by atoms with Crippen molar-refractivity contribution in [3.63, 3.8) is 0 Å². The highest BCUT2D eigenvalue weighted by Gasteiger charge is 2.27. The number of anilines is 1. The van der Waals surface area contributed by atoms with E-state index in [0.29, 0.717) is 29.4 Å². The van der Waals surface area contributed by atoms with Gasteiger partial charge in [-0.1, -0.05) is 11.8 Å². The van der Waals surface area contributed by atoms with Crippen LogP contribution in [-0.4, -0.2) is 39.8 Å². The van der Waals surface area contributed by atoms with Crippen LogP contribution < -0.4 is 5.32 Å². The van der Waals surface area contributed by atoms with Crippen LogP contribution in [0.5, 0.6) is 0 Å². The predicted molar refractivity (Wildman–Crippen MR) is 61.9 cm³/mol. The summed E-state index contributed by atoms with van der Waals surface area (Å²) in [5.74, 6) is 0.561. The molecular formula is C10H13N3O2S. The lowest BCUT2D eigenvalue weighted by Crippen LogP contribution is -2.39. The van der Waals surface area contributed by atoms with Crippen LogP contribution in [0.25, 0.3) is 0 Å². The van der Waals surface area contributed by atoms with E-state index in [1.165, 1.54) is 18.0 Å². The van der Waals surface area contributed by atoms with Crippen LogP contribution in [0.2, 0.25) is 0 Å². The third-order valence-electron chi connectivity index (χ3n) is 2.56. The Labute approximate surface area is 97.7 Å². The molecule has 0 spiro atoms. The third kappa shape index (κ3) is 2.33.